The third-order valence-corrected chi connectivity index (χ3v) is 2.72. The van der Waals surface area contributed by atoms with Crippen LogP contribution < -0.4 is 5.32 Å². The summed E-state index contributed by atoms with van der Waals surface area (Å²) >= 11 is 11.2. The normalized spacial score (nSPS) is 15.7. The monoisotopic (exact) mass is 239 g/mol. The molecule has 0 heterocycles. The van der Waals surface area contributed by atoms with Crippen LogP contribution in [-0.2, 0) is 0 Å². The molecule has 0 aliphatic heterocycles. The van der Waals surface area contributed by atoms with Gasteiger partial charge >= 0.3 is 0 Å². The second kappa shape index (κ2) is 6.67. The van der Waals surface area contributed by atoms with Gasteiger partial charge in [-0.2, -0.15) is 0 Å². The summed E-state index contributed by atoms with van der Waals surface area (Å²) in [4.78, 5) is 0. The fourth-order valence-electron chi connectivity index (χ4n) is 1.23. The van der Waals surface area contributed by atoms with Crippen LogP contribution in [0.3, 0.4) is 0 Å². The van der Waals surface area contributed by atoms with E-state index in [0.717, 1.165) is 6.42 Å². The van der Waals surface area contributed by atoms with Crippen molar-refractivity contribution in [3.63, 3.8) is 0 Å². The zero-order valence-corrected chi connectivity index (χ0v) is 10.5. The lowest BCUT2D eigenvalue weighted by Gasteiger charge is -2.31. The lowest BCUT2D eigenvalue weighted by Crippen LogP contribution is -2.41. The molecule has 0 aliphatic carbocycles. The summed E-state index contributed by atoms with van der Waals surface area (Å²) in [6.45, 7) is 7.10. The average Bonchev–Trinajstić information content (AvgIpc) is 2.09. The van der Waals surface area contributed by atoms with Crippen LogP contribution >= 0.6 is 23.2 Å². The van der Waals surface area contributed by atoms with Crippen LogP contribution in [0.1, 0.15) is 27.2 Å². The number of halogens is 2. The largest absolute Gasteiger partial charge is 0.396 e. The van der Waals surface area contributed by atoms with Gasteiger partial charge in [0.2, 0.25) is 0 Å². The molecule has 0 radical (unpaired) electrons. The maximum atomic E-state index is 8.91. The Morgan fingerprint density at radius 2 is 2.07 bits per heavy atom. The Labute approximate surface area is 96.3 Å². The fourth-order valence-corrected chi connectivity index (χ4v) is 1.38. The van der Waals surface area contributed by atoms with Gasteiger partial charge in [0.05, 0.1) is 0 Å². The van der Waals surface area contributed by atoms with E-state index in [1.807, 2.05) is 0 Å². The molecule has 84 valence electrons. The van der Waals surface area contributed by atoms with Crippen LogP contribution in [0.2, 0.25) is 0 Å². The van der Waals surface area contributed by atoms with Crippen LogP contribution in [0.4, 0.5) is 0 Å². The van der Waals surface area contributed by atoms with E-state index in [-0.39, 0.29) is 18.1 Å². The lowest BCUT2D eigenvalue weighted by atomic mass is 9.85. The van der Waals surface area contributed by atoms with Crippen molar-refractivity contribution in [1.29, 1.82) is 0 Å². The Hall–Kier alpha value is 0.240. The van der Waals surface area contributed by atoms with Crippen molar-refractivity contribution in [3.05, 3.63) is 10.6 Å². The summed E-state index contributed by atoms with van der Waals surface area (Å²) in [5, 5.41) is 12.8. The smallest absolute Gasteiger partial charge is 0.0446 e. The lowest BCUT2D eigenvalue weighted by molar-refractivity contribution is 0.201. The van der Waals surface area contributed by atoms with E-state index in [2.05, 4.69) is 26.1 Å². The number of hydrogen-bond acceptors (Lipinski definition) is 2. The molecule has 0 aromatic rings. The van der Waals surface area contributed by atoms with E-state index in [4.69, 9.17) is 28.3 Å². The molecular formula is C10H19Cl2NO. The van der Waals surface area contributed by atoms with Crippen molar-refractivity contribution < 1.29 is 5.11 Å². The molecule has 0 amide bonds. The number of aliphatic hydroxyl groups is 1. The molecule has 0 aromatic carbocycles. The molecule has 0 saturated heterocycles. The maximum absolute atomic E-state index is 8.91. The average molecular weight is 240 g/mol. The van der Waals surface area contributed by atoms with Gasteiger partial charge < -0.3 is 10.4 Å². The van der Waals surface area contributed by atoms with Crippen LogP contribution in [0.25, 0.3) is 0 Å². The van der Waals surface area contributed by atoms with Gasteiger partial charge in [0, 0.05) is 29.8 Å². The van der Waals surface area contributed by atoms with Gasteiger partial charge in [-0.3, -0.25) is 0 Å². The molecule has 2 nitrogen and oxygen atoms in total. The Balaban J connectivity index is 4.11. The first-order valence-corrected chi connectivity index (χ1v) is 5.52. The van der Waals surface area contributed by atoms with Crippen LogP contribution in [0.5, 0.6) is 0 Å². The minimum atomic E-state index is 0.103. The third-order valence-electron chi connectivity index (χ3n) is 2.10. The highest BCUT2D eigenvalue weighted by atomic mass is 35.5. The Morgan fingerprint density at radius 3 is 2.43 bits per heavy atom. The van der Waals surface area contributed by atoms with Crippen molar-refractivity contribution in [1.82, 2.24) is 5.32 Å². The third kappa shape index (κ3) is 5.86. The van der Waals surface area contributed by atoms with Crippen molar-refractivity contribution >= 4 is 23.2 Å². The molecule has 0 spiro atoms. The SMILES string of the molecule is CC(C)(C)C(CCO)NCC(Cl)=CCl. The van der Waals surface area contributed by atoms with Crippen LogP contribution in [0, 0.1) is 5.41 Å². The van der Waals surface area contributed by atoms with Gasteiger partial charge in [0.15, 0.2) is 0 Å². The van der Waals surface area contributed by atoms with Gasteiger partial charge in [-0.25, -0.2) is 0 Å². The van der Waals surface area contributed by atoms with Gasteiger partial charge in [-0.05, 0) is 11.8 Å². The van der Waals surface area contributed by atoms with Crippen LogP contribution in [0.15, 0.2) is 10.6 Å². The molecule has 0 fully saturated rings. The van der Waals surface area contributed by atoms with Crippen molar-refractivity contribution in [2.75, 3.05) is 13.2 Å². The van der Waals surface area contributed by atoms with Gasteiger partial charge in [0.1, 0.15) is 0 Å². The highest BCUT2D eigenvalue weighted by Gasteiger charge is 2.23. The van der Waals surface area contributed by atoms with E-state index in [1.165, 1.54) is 5.54 Å². The molecular weight excluding hydrogens is 221 g/mol. The standard InChI is InChI=1S/C10H19Cl2NO/c1-10(2,3)9(4-5-14)13-7-8(12)6-11/h6,9,13-14H,4-5,7H2,1-3H3. The molecule has 0 rings (SSSR count). The molecule has 2 N–H and O–H groups in total. The van der Waals surface area contributed by atoms with E-state index in [1.54, 1.807) is 0 Å². The zero-order valence-electron chi connectivity index (χ0n) is 8.98. The Bertz CT molecular complexity index is 187. The Kier molecular flexibility index (Phi) is 6.79. The van der Waals surface area contributed by atoms with Gasteiger partial charge in [0.25, 0.3) is 0 Å². The highest BCUT2D eigenvalue weighted by molar-refractivity contribution is 6.36. The van der Waals surface area contributed by atoms with Gasteiger partial charge in [-0.15, -0.1) is 0 Å². The first-order chi connectivity index (χ1) is 6.41. The fraction of sp³-hybridized carbons (Fsp3) is 0.800. The predicted molar refractivity (Wildman–Crippen MR) is 62.7 cm³/mol. The molecule has 1 atom stereocenters. The summed E-state index contributed by atoms with van der Waals surface area (Å²) < 4.78 is 0. The molecule has 0 bridgehead atoms. The number of nitrogens with one attached hydrogen (secondary N) is 1. The van der Waals surface area contributed by atoms with E-state index in [0.29, 0.717) is 11.6 Å². The first kappa shape index (κ1) is 14.2. The van der Waals surface area contributed by atoms with Crippen LogP contribution in [-0.4, -0.2) is 24.3 Å². The maximum Gasteiger partial charge on any atom is 0.0446 e. The Morgan fingerprint density at radius 1 is 1.50 bits per heavy atom. The van der Waals surface area contributed by atoms with E-state index in [9.17, 15) is 0 Å². The van der Waals surface area contributed by atoms with Gasteiger partial charge in [-0.1, -0.05) is 44.0 Å². The number of hydrogen-bond donors (Lipinski definition) is 2. The van der Waals surface area contributed by atoms with E-state index >= 15 is 0 Å². The second-order valence-electron chi connectivity index (χ2n) is 4.37. The summed E-state index contributed by atoms with van der Waals surface area (Å²) in [7, 11) is 0. The topological polar surface area (TPSA) is 32.3 Å². The van der Waals surface area contributed by atoms with Crippen molar-refractivity contribution in [2.45, 2.75) is 33.2 Å². The zero-order chi connectivity index (χ0) is 11.2. The minimum absolute atomic E-state index is 0.103. The minimum Gasteiger partial charge on any atom is -0.396 e. The first-order valence-electron chi connectivity index (χ1n) is 4.70. The molecule has 0 aliphatic rings. The summed E-state index contributed by atoms with van der Waals surface area (Å²) in [5.74, 6) is 0. The predicted octanol–water partition coefficient (Wildman–Crippen LogP) is 2.69. The molecule has 4 heteroatoms. The van der Waals surface area contributed by atoms with Crippen molar-refractivity contribution in [2.24, 2.45) is 5.41 Å². The molecule has 1 unspecified atom stereocenters. The molecule has 14 heavy (non-hydrogen) atoms. The second-order valence-corrected chi connectivity index (χ2v) is 5.07. The summed E-state index contributed by atoms with van der Waals surface area (Å²) in [5.41, 5.74) is 1.46. The molecule has 0 saturated carbocycles. The quantitative estimate of drug-likeness (QED) is 0.774. The number of aliphatic hydroxyl groups excluding tert-OH is 1. The van der Waals surface area contributed by atoms with E-state index < -0.39 is 0 Å². The summed E-state index contributed by atoms with van der Waals surface area (Å²) in [6, 6.07) is 0.234. The highest BCUT2D eigenvalue weighted by Crippen LogP contribution is 2.21. The number of rotatable bonds is 5. The van der Waals surface area contributed by atoms with Crippen molar-refractivity contribution in [3.8, 4) is 0 Å². The summed E-state index contributed by atoms with van der Waals surface area (Å²) in [6.07, 6.45) is 0.718. The molecule has 0 aromatic heterocycles.